The van der Waals surface area contributed by atoms with Gasteiger partial charge >= 0.3 is 0 Å². The molecule has 0 unspecified atom stereocenters. The molecule has 0 aromatic heterocycles. The summed E-state index contributed by atoms with van der Waals surface area (Å²) in [5, 5.41) is 10.8. The van der Waals surface area contributed by atoms with Gasteiger partial charge in [0.2, 0.25) is 6.54 Å². The highest BCUT2D eigenvalue weighted by Crippen LogP contribution is 2.35. The molecule has 0 atom stereocenters. The molecule has 0 fully saturated rings. The number of nitrogens with zero attached hydrogens (tertiary/aromatic N) is 2. The van der Waals surface area contributed by atoms with Crippen molar-refractivity contribution in [3.8, 4) is 11.5 Å². The molecule has 0 radical (unpaired) electrons. The predicted molar refractivity (Wildman–Crippen MR) is 75.7 cm³/mol. The number of aliphatic imine (C=N–C) groups is 1. The lowest BCUT2D eigenvalue weighted by atomic mass is 9.86. The van der Waals surface area contributed by atoms with Crippen LogP contribution in [0.1, 0.15) is 25.0 Å². The summed E-state index contributed by atoms with van der Waals surface area (Å²) in [6.07, 6.45) is 0.712. The molecular weight excluding hydrogens is 260 g/mol. The van der Waals surface area contributed by atoms with Crippen molar-refractivity contribution in [2.45, 2.75) is 25.8 Å². The zero-order chi connectivity index (χ0) is 14.9. The Morgan fingerprint density at radius 2 is 1.90 bits per heavy atom. The van der Waals surface area contributed by atoms with Gasteiger partial charge in [0.15, 0.2) is 11.5 Å². The number of nitro groups is 1. The largest absolute Gasteiger partial charge is 0.493 e. The summed E-state index contributed by atoms with van der Waals surface area (Å²) >= 11 is 0. The molecule has 108 valence electrons. The molecule has 20 heavy (non-hydrogen) atoms. The number of hydrogen-bond donors (Lipinski definition) is 0. The van der Waals surface area contributed by atoms with Crippen LogP contribution in [0.4, 0.5) is 0 Å². The van der Waals surface area contributed by atoms with E-state index in [2.05, 4.69) is 4.99 Å². The van der Waals surface area contributed by atoms with Gasteiger partial charge < -0.3 is 9.47 Å². The molecule has 1 aliphatic rings. The molecule has 6 nitrogen and oxygen atoms in total. The molecule has 0 saturated heterocycles. The SMILES string of the molecule is COc1cc2c(cc1OC)C(C[N+](=O)[O-])=NC(C)(C)C2. The number of fused-ring (bicyclic) bond motifs is 1. The Morgan fingerprint density at radius 1 is 1.30 bits per heavy atom. The average Bonchev–Trinajstić information content (AvgIpc) is 2.35. The maximum Gasteiger partial charge on any atom is 0.245 e. The van der Waals surface area contributed by atoms with Crippen molar-refractivity contribution < 1.29 is 14.4 Å². The summed E-state index contributed by atoms with van der Waals surface area (Å²) in [5.41, 5.74) is 1.91. The first-order chi connectivity index (χ1) is 9.36. The Bertz CT molecular complexity index is 579. The van der Waals surface area contributed by atoms with Crippen molar-refractivity contribution in [1.29, 1.82) is 0 Å². The van der Waals surface area contributed by atoms with Crippen molar-refractivity contribution >= 4 is 5.71 Å². The molecule has 0 amide bonds. The van der Waals surface area contributed by atoms with Crippen molar-refractivity contribution in [2.75, 3.05) is 20.8 Å². The summed E-state index contributed by atoms with van der Waals surface area (Å²) in [7, 11) is 3.12. The van der Waals surface area contributed by atoms with Crippen molar-refractivity contribution in [3.05, 3.63) is 33.4 Å². The van der Waals surface area contributed by atoms with Crippen LogP contribution in [0.2, 0.25) is 0 Å². The molecule has 1 aromatic rings. The van der Waals surface area contributed by atoms with Crippen LogP contribution < -0.4 is 9.47 Å². The third kappa shape index (κ3) is 2.74. The minimum Gasteiger partial charge on any atom is -0.493 e. The molecule has 1 aliphatic heterocycles. The van der Waals surface area contributed by atoms with Gasteiger partial charge in [-0.2, -0.15) is 0 Å². The lowest BCUT2D eigenvalue weighted by Gasteiger charge is -2.28. The van der Waals surface area contributed by atoms with E-state index >= 15 is 0 Å². The first-order valence-electron chi connectivity index (χ1n) is 6.32. The van der Waals surface area contributed by atoms with E-state index in [-0.39, 0.29) is 17.0 Å². The summed E-state index contributed by atoms with van der Waals surface area (Å²) in [5.74, 6) is 1.19. The van der Waals surface area contributed by atoms with Gasteiger partial charge in [-0.05, 0) is 38.0 Å². The van der Waals surface area contributed by atoms with Crippen LogP contribution in [0, 0.1) is 10.1 Å². The molecule has 1 heterocycles. The molecule has 2 rings (SSSR count). The zero-order valence-corrected chi connectivity index (χ0v) is 12.1. The highest BCUT2D eigenvalue weighted by Gasteiger charge is 2.30. The van der Waals surface area contributed by atoms with Gasteiger partial charge in [-0.15, -0.1) is 0 Å². The van der Waals surface area contributed by atoms with Crippen LogP contribution in [0.3, 0.4) is 0 Å². The second-order valence-electron chi connectivity index (χ2n) is 5.40. The van der Waals surface area contributed by atoms with Gasteiger partial charge in [0, 0.05) is 10.5 Å². The minimum atomic E-state index is -0.360. The second-order valence-corrected chi connectivity index (χ2v) is 5.40. The van der Waals surface area contributed by atoms with Crippen LogP contribution >= 0.6 is 0 Å². The fourth-order valence-electron chi connectivity index (χ4n) is 2.51. The standard InChI is InChI=1S/C14H18N2O4/c1-14(2)7-9-5-12(19-3)13(20-4)6-10(9)11(15-14)8-16(17)18/h5-6H,7-8H2,1-4H3. The van der Waals surface area contributed by atoms with E-state index in [9.17, 15) is 10.1 Å². The molecular formula is C14H18N2O4. The van der Waals surface area contributed by atoms with E-state index in [1.807, 2.05) is 19.9 Å². The zero-order valence-electron chi connectivity index (χ0n) is 12.1. The van der Waals surface area contributed by atoms with E-state index in [1.165, 1.54) is 0 Å². The Morgan fingerprint density at radius 3 is 2.45 bits per heavy atom. The summed E-state index contributed by atoms with van der Waals surface area (Å²) in [4.78, 5) is 15.0. The van der Waals surface area contributed by atoms with Gasteiger partial charge in [-0.1, -0.05) is 0 Å². The molecule has 0 N–H and O–H groups in total. The van der Waals surface area contributed by atoms with E-state index < -0.39 is 0 Å². The third-order valence-electron chi connectivity index (χ3n) is 3.26. The molecule has 0 saturated carbocycles. The highest BCUT2D eigenvalue weighted by molar-refractivity contribution is 6.04. The highest BCUT2D eigenvalue weighted by atomic mass is 16.6. The monoisotopic (exact) mass is 278 g/mol. The van der Waals surface area contributed by atoms with E-state index in [4.69, 9.17) is 9.47 Å². The number of methoxy groups -OCH3 is 2. The quantitative estimate of drug-likeness (QED) is 0.624. The predicted octanol–water partition coefficient (Wildman–Crippen LogP) is 2.10. The Kier molecular flexibility index (Phi) is 3.65. The van der Waals surface area contributed by atoms with Gasteiger partial charge in [-0.3, -0.25) is 15.1 Å². The van der Waals surface area contributed by atoms with Crippen LogP contribution in [0.25, 0.3) is 0 Å². The summed E-state index contributed by atoms with van der Waals surface area (Å²) < 4.78 is 10.5. The van der Waals surface area contributed by atoms with Crippen LogP contribution in [0.5, 0.6) is 11.5 Å². The average molecular weight is 278 g/mol. The number of ether oxygens (including phenoxy) is 2. The topological polar surface area (TPSA) is 74.0 Å². The van der Waals surface area contributed by atoms with Gasteiger partial charge in [0.05, 0.1) is 19.8 Å². The number of benzene rings is 1. The van der Waals surface area contributed by atoms with Gasteiger partial charge in [0.25, 0.3) is 0 Å². The van der Waals surface area contributed by atoms with E-state index in [0.29, 0.717) is 23.6 Å². The van der Waals surface area contributed by atoms with Crippen LogP contribution in [0.15, 0.2) is 17.1 Å². The minimum absolute atomic E-state index is 0.286. The fraction of sp³-hybridized carbons (Fsp3) is 0.500. The van der Waals surface area contributed by atoms with Crippen LogP contribution in [-0.4, -0.2) is 36.9 Å². The number of hydrogen-bond acceptors (Lipinski definition) is 5. The smallest absolute Gasteiger partial charge is 0.245 e. The van der Waals surface area contributed by atoms with E-state index in [0.717, 1.165) is 11.1 Å². The third-order valence-corrected chi connectivity index (χ3v) is 3.26. The molecule has 6 heteroatoms. The maximum atomic E-state index is 10.8. The Hall–Kier alpha value is -2.11. The number of rotatable bonds is 4. The first-order valence-corrected chi connectivity index (χ1v) is 6.32. The molecule has 0 aliphatic carbocycles. The van der Waals surface area contributed by atoms with E-state index in [1.54, 1.807) is 20.3 Å². The fourth-order valence-corrected chi connectivity index (χ4v) is 2.51. The van der Waals surface area contributed by atoms with Crippen molar-refractivity contribution in [1.82, 2.24) is 0 Å². The lowest BCUT2D eigenvalue weighted by molar-refractivity contribution is -0.463. The van der Waals surface area contributed by atoms with Crippen molar-refractivity contribution in [3.63, 3.8) is 0 Å². The van der Waals surface area contributed by atoms with Gasteiger partial charge in [0.1, 0.15) is 5.71 Å². The molecule has 0 spiro atoms. The maximum absolute atomic E-state index is 10.8. The Balaban J connectivity index is 2.57. The Labute approximate surface area is 117 Å². The van der Waals surface area contributed by atoms with Gasteiger partial charge in [-0.25, -0.2) is 0 Å². The lowest BCUT2D eigenvalue weighted by Crippen LogP contribution is -2.32. The molecule has 0 bridgehead atoms. The molecule has 1 aromatic carbocycles. The van der Waals surface area contributed by atoms with Crippen molar-refractivity contribution in [2.24, 2.45) is 4.99 Å². The summed E-state index contributed by atoms with van der Waals surface area (Å²) in [6, 6.07) is 3.65. The van der Waals surface area contributed by atoms with Crippen LogP contribution in [-0.2, 0) is 6.42 Å². The summed E-state index contributed by atoms with van der Waals surface area (Å²) in [6.45, 7) is 3.64. The normalized spacial score (nSPS) is 16.1. The second kappa shape index (κ2) is 5.11. The first kappa shape index (κ1) is 14.3.